The number of aromatic nitrogens is 4. The Hall–Kier alpha value is -5.09. The third kappa shape index (κ3) is 4.65. The number of carboxylic acid groups (broad SMARTS) is 2. The van der Waals surface area contributed by atoms with Crippen molar-refractivity contribution >= 4 is 23.5 Å². The van der Waals surface area contributed by atoms with Crippen molar-refractivity contribution in [3.8, 4) is 11.4 Å². The van der Waals surface area contributed by atoms with E-state index in [2.05, 4.69) is 10.2 Å². The fraction of sp³-hybridized carbons (Fsp3) is 0.103. The summed E-state index contributed by atoms with van der Waals surface area (Å²) >= 11 is 6.14. The van der Waals surface area contributed by atoms with Gasteiger partial charge >= 0.3 is 11.9 Å². The van der Waals surface area contributed by atoms with Crippen molar-refractivity contribution in [2.45, 2.75) is 19.8 Å². The van der Waals surface area contributed by atoms with Gasteiger partial charge in [0.1, 0.15) is 0 Å². The van der Waals surface area contributed by atoms with Crippen molar-refractivity contribution in [3.63, 3.8) is 0 Å². The van der Waals surface area contributed by atoms with Crippen LogP contribution < -0.4 is 11.1 Å². The van der Waals surface area contributed by atoms with Crippen LogP contribution in [0.2, 0.25) is 5.02 Å². The van der Waals surface area contributed by atoms with E-state index >= 15 is 0 Å². The molecule has 2 aromatic heterocycles. The summed E-state index contributed by atoms with van der Waals surface area (Å²) in [4.78, 5) is 50.9. The highest BCUT2D eigenvalue weighted by atomic mass is 35.5. The van der Waals surface area contributed by atoms with Gasteiger partial charge in [-0.3, -0.25) is 19.8 Å². The summed E-state index contributed by atoms with van der Waals surface area (Å²) in [6.07, 6.45) is 0. The van der Waals surface area contributed by atoms with Crippen LogP contribution in [0.3, 0.4) is 0 Å². The number of H-pyrrole nitrogens is 2. The van der Waals surface area contributed by atoms with Crippen molar-refractivity contribution in [2.75, 3.05) is 0 Å². The van der Waals surface area contributed by atoms with Gasteiger partial charge in [0.15, 0.2) is 0 Å². The first kappa shape index (κ1) is 26.5. The minimum Gasteiger partial charge on any atom is -0.478 e. The third-order valence-electron chi connectivity index (χ3n) is 6.72. The number of aromatic carboxylic acids is 2. The van der Waals surface area contributed by atoms with Crippen molar-refractivity contribution in [1.82, 2.24) is 19.6 Å². The lowest BCUT2D eigenvalue weighted by Gasteiger charge is -2.16. The lowest BCUT2D eigenvalue weighted by molar-refractivity contribution is 0.0686. The predicted octanol–water partition coefficient (Wildman–Crippen LogP) is 4.49. The maximum atomic E-state index is 13.9. The van der Waals surface area contributed by atoms with E-state index in [1.54, 1.807) is 50.2 Å². The van der Waals surface area contributed by atoms with E-state index in [4.69, 9.17) is 11.6 Å². The van der Waals surface area contributed by atoms with Gasteiger partial charge in [-0.2, -0.15) is 0 Å². The van der Waals surface area contributed by atoms with E-state index in [1.807, 2.05) is 0 Å². The fourth-order valence-electron chi connectivity index (χ4n) is 4.85. The van der Waals surface area contributed by atoms with E-state index < -0.39 is 29.0 Å². The Morgan fingerprint density at radius 3 is 1.55 bits per heavy atom. The Kier molecular flexibility index (Phi) is 6.78. The number of hydrogen-bond acceptors (Lipinski definition) is 4. The molecule has 5 rings (SSSR count). The first-order chi connectivity index (χ1) is 19.1. The van der Waals surface area contributed by atoms with Crippen molar-refractivity contribution in [3.05, 3.63) is 138 Å². The summed E-state index contributed by atoms with van der Waals surface area (Å²) in [6.45, 7) is 3.40. The Balaban J connectivity index is 1.74. The minimum atomic E-state index is -1.13. The lowest BCUT2D eigenvalue weighted by Crippen LogP contribution is -2.25. The standard InChI is InChI=1S/C29H23ClN4O6/c1-15-23(26(35)33(31-15)21-7-3-5-18(13-21)28(37)38)25(17-9-11-20(30)12-10-17)24-16(2)32-34(27(24)36)22-8-4-6-19(14-22)29(39)40/h3-14,25,31-32H,1-2H3,(H,37,38)(H,39,40). The Morgan fingerprint density at radius 1 is 0.725 bits per heavy atom. The molecule has 0 atom stereocenters. The number of aryl methyl sites for hydroxylation is 2. The molecule has 10 nitrogen and oxygen atoms in total. The lowest BCUT2D eigenvalue weighted by atomic mass is 9.85. The van der Waals surface area contributed by atoms with Crippen LogP contribution in [0.1, 0.15) is 54.7 Å². The molecule has 3 aromatic carbocycles. The topological polar surface area (TPSA) is 150 Å². The molecule has 0 aliphatic heterocycles. The molecule has 0 saturated heterocycles. The van der Waals surface area contributed by atoms with Crippen LogP contribution in [0, 0.1) is 13.8 Å². The fourth-order valence-corrected chi connectivity index (χ4v) is 4.98. The maximum Gasteiger partial charge on any atom is 0.335 e. The SMILES string of the molecule is Cc1[nH]n(-c2cccc(C(=O)O)c2)c(=O)c1C(c1ccc(Cl)cc1)c1c(C)[nH]n(-c2cccc(C(=O)O)c2)c1=O. The number of carboxylic acids is 2. The molecule has 0 aliphatic rings. The van der Waals surface area contributed by atoms with Gasteiger partial charge in [-0.05, 0) is 67.9 Å². The van der Waals surface area contributed by atoms with Gasteiger partial charge in [0.05, 0.1) is 33.6 Å². The molecule has 40 heavy (non-hydrogen) atoms. The second-order valence-electron chi connectivity index (χ2n) is 9.28. The minimum absolute atomic E-state index is 0.0143. The van der Waals surface area contributed by atoms with Crippen LogP contribution in [0.4, 0.5) is 0 Å². The quantitative estimate of drug-likeness (QED) is 0.231. The van der Waals surface area contributed by atoms with Crippen LogP contribution in [0.25, 0.3) is 11.4 Å². The van der Waals surface area contributed by atoms with E-state index in [0.717, 1.165) is 0 Å². The predicted molar refractivity (Wildman–Crippen MR) is 149 cm³/mol. The highest BCUT2D eigenvalue weighted by molar-refractivity contribution is 6.30. The molecule has 2 heterocycles. The molecule has 202 valence electrons. The molecule has 5 aromatic rings. The van der Waals surface area contributed by atoms with Gasteiger partial charge in [0.2, 0.25) is 0 Å². The van der Waals surface area contributed by atoms with Crippen LogP contribution >= 0.6 is 11.6 Å². The zero-order valence-electron chi connectivity index (χ0n) is 21.3. The van der Waals surface area contributed by atoms with Gasteiger partial charge in [-0.1, -0.05) is 35.9 Å². The van der Waals surface area contributed by atoms with Gasteiger partial charge < -0.3 is 10.2 Å². The molecule has 0 aliphatic carbocycles. The number of aromatic amines is 2. The molecule has 0 radical (unpaired) electrons. The normalized spacial score (nSPS) is 11.2. The molecular formula is C29H23ClN4O6. The maximum absolute atomic E-state index is 13.9. The summed E-state index contributed by atoms with van der Waals surface area (Å²) in [7, 11) is 0. The van der Waals surface area contributed by atoms with Crippen LogP contribution in [-0.4, -0.2) is 41.7 Å². The number of nitrogens with zero attached hydrogens (tertiary/aromatic N) is 2. The molecule has 0 spiro atoms. The Labute approximate surface area is 231 Å². The monoisotopic (exact) mass is 558 g/mol. The molecule has 0 bridgehead atoms. The van der Waals surface area contributed by atoms with Crippen molar-refractivity contribution in [2.24, 2.45) is 0 Å². The van der Waals surface area contributed by atoms with Gasteiger partial charge in [-0.15, -0.1) is 0 Å². The van der Waals surface area contributed by atoms with Crippen LogP contribution in [-0.2, 0) is 0 Å². The number of carbonyl (C=O) groups is 2. The number of halogens is 1. The molecule has 0 saturated carbocycles. The Bertz CT molecular complexity index is 1780. The van der Waals surface area contributed by atoms with E-state index in [9.17, 15) is 29.4 Å². The summed E-state index contributed by atoms with van der Waals surface area (Å²) in [6, 6.07) is 18.7. The highest BCUT2D eigenvalue weighted by Crippen LogP contribution is 2.33. The summed E-state index contributed by atoms with van der Waals surface area (Å²) in [5.41, 5.74) is 1.91. The molecule has 0 fully saturated rings. The van der Waals surface area contributed by atoms with E-state index in [1.165, 1.54) is 45.8 Å². The van der Waals surface area contributed by atoms with Gasteiger partial charge in [0, 0.05) is 22.3 Å². The van der Waals surface area contributed by atoms with Gasteiger partial charge in [-0.25, -0.2) is 19.0 Å². The second kappa shape index (κ2) is 10.2. The molecule has 11 heteroatoms. The summed E-state index contributed by atoms with van der Waals surface area (Å²) in [5.74, 6) is -3.10. The first-order valence-corrected chi connectivity index (χ1v) is 12.5. The van der Waals surface area contributed by atoms with E-state index in [0.29, 0.717) is 33.3 Å². The van der Waals surface area contributed by atoms with Crippen LogP contribution in [0.5, 0.6) is 0 Å². The third-order valence-corrected chi connectivity index (χ3v) is 6.97. The molecular weight excluding hydrogens is 536 g/mol. The second-order valence-corrected chi connectivity index (χ2v) is 9.71. The summed E-state index contributed by atoms with van der Waals surface area (Å²) < 4.78 is 2.49. The first-order valence-electron chi connectivity index (χ1n) is 12.1. The van der Waals surface area contributed by atoms with Crippen molar-refractivity contribution in [1.29, 1.82) is 0 Å². The molecule has 0 amide bonds. The summed E-state index contributed by atoms with van der Waals surface area (Å²) in [5, 5.41) is 25.4. The zero-order valence-corrected chi connectivity index (χ0v) is 22.1. The largest absolute Gasteiger partial charge is 0.478 e. The van der Waals surface area contributed by atoms with Crippen molar-refractivity contribution < 1.29 is 19.8 Å². The number of hydrogen-bond donors (Lipinski definition) is 4. The number of benzene rings is 3. The smallest absolute Gasteiger partial charge is 0.335 e. The molecule has 4 N–H and O–H groups in total. The Morgan fingerprint density at radius 2 is 1.15 bits per heavy atom. The highest BCUT2D eigenvalue weighted by Gasteiger charge is 2.31. The average Bonchev–Trinajstić information content (AvgIpc) is 3.40. The van der Waals surface area contributed by atoms with E-state index in [-0.39, 0.29) is 22.3 Å². The molecule has 0 unspecified atom stereocenters. The van der Waals surface area contributed by atoms with Crippen LogP contribution in [0.15, 0.2) is 82.4 Å². The van der Waals surface area contributed by atoms with Gasteiger partial charge in [0.25, 0.3) is 11.1 Å². The zero-order chi connectivity index (χ0) is 28.7. The number of nitrogens with one attached hydrogen (secondary N) is 2. The number of rotatable bonds is 7. The average molecular weight is 559 g/mol.